The quantitative estimate of drug-likeness (QED) is 0.817. The SMILES string of the molecule is Cc1c(C(=O)NC(C)c2ccc(C(C)C)cc2)nnn1C1CCNCC1.Cl. The summed E-state index contributed by atoms with van der Waals surface area (Å²) in [6, 6.07) is 8.67. The summed E-state index contributed by atoms with van der Waals surface area (Å²) >= 11 is 0. The number of halogens is 1. The van der Waals surface area contributed by atoms with Gasteiger partial charge in [-0.05, 0) is 56.8 Å². The molecule has 6 nitrogen and oxygen atoms in total. The van der Waals surface area contributed by atoms with Crippen molar-refractivity contribution in [2.24, 2.45) is 0 Å². The van der Waals surface area contributed by atoms with Gasteiger partial charge >= 0.3 is 0 Å². The molecule has 1 aromatic heterocycles. The van der Waals surface area contributed by atoms with Crippen molar-refractivity contribution in [1.82, 2.24) is 25.6 Å². The summed E-state index contributed by atoms with van der Waals surface area (Å²) in [5.41, 5.74) is 3.66. The standard InChI is InChI=1S/C20H29N5O.ClH/c1-13(2)16-5-7-17(8-6-16)14(3)22-20(26)19-15(4)25(24-23-19)18-9-11-21-12-10-18;/h5-8,13-14,18,21H,9-12H2,1-4H3,(H,22,26);1H. The third kappa shape index (κ3) is 4.87. The van der Waals surface area contributed by atoms with E-state index in [0.717, 1.165) is 37.2 Å². The van der Waals surface area contributed by atoms with Gasteiger partial charge in [0.25, 0.3) is 5.91 Å². The number of hydrogen-bond donors (Lipinski definition) is 2. The van der Waals surface area contributed by atoms with Crippen molar-refractivity contribution in [3.05, 3.63) is 46.8 Å². The summed E-state index contributed by atoms with van der Waals surface area (Å²) in [5, 5.41) is 14.8. The average Bonchev–Trinajstić information content (AvgIpc) is 3.04. The van der Waals surface area contributed by atoms with Crippen LogP contribution in [0.4, 0.5) is 0 Å². The molecule has 1 unspecified atom stereocenters. The summed E-state index contributed by atoms with van der Waals surface area (Å²) in [6.45, 7) is 10.2. The topological polar surface area (TPSA) is 71.8 Å². The van der Waals surface area contributed by atoms with Gasteiger partial charge in [0.1, 0.15) is 0 Å². The molecule has 7 heteroatoms. The Morgan fingerprint density at radius 2 is 1.74 bits per heavy atom. The molecule has 0 aliphatic carbocycles. The molecule has 2 heterocycles. The summed E-state index contributed by atoms with van der Waals surface area (Å²) in [4.78, 5) is 12.7. The zero-order valence-corrected chi connectivity index (χ0v) is 17.3. The molecule has 1 saturated heterocycles. The molecule has 1 atom stereocenters. The van der Waals surface area contributed by atoms with E-state index in [2.05, 4.69) is 59.1 Å². The van der Waals surface area contributed by atoms with Gasteiger partial charge in [0.15, 0.2) is 5.69 Å². The zero-order valence-electron chi connectivity index (χ0n) is 16.5. The van der Waals surface area contributed by atoms with Crippen LogP contribution in [0.3, 0.4) is 0 Å². The number of rotatable bonds is 5. The fourth-order valence-corrected chi connectivity index (χ4v) is 3.47. The predicted octanol–water partition coefficient (Wildman–Crippen LogP) is 3.55. The highest BCUT2D eigenvalue weighted by Crippen LogP contribution is 2.22. The number of amides is 1. The van der Waals surface area contributed by atoms with Crippen LogP contribution in [0.15, 0.2) is 24.3 Å². The number of carbonyl (C=O) groups excluding carboxylic acids is 1. The van der Waals surface area contributed by atoms with Gasteiger partial charge in [-0.2, -0.15) is 0 Å². The first-order valence-electron chi connectivity index (χ1n) is 9.50. The van der Waals surface area contributed by atoms with Crippen LogP contribution in [0.2, 0.25) is 0 Å². The van der Waals surface area contributed by atoms with Crippen LogP contribution < -0.4 is 10.6 Å². The van der Waals surface area contributed by atoms with E-state index in [1.807, 2.05) is 18.5 Å². The van der Waals surface area contributed by atoms with Crippen LogP contribution >= 0.6 is 12.4 Å². The molecule has 2 aromatic rings. The average molecular weight is 392 g/mol. The maximum atomic E-state index is 12.7. The van der Waals surface area contributed by atoms with Gasteiger partial charge in [0, 0.05) is 0 Å². The van der Waals surface area contributed by atoms with E-state index in [4.69, 9.17) is 0 Å². The Bertz CT molecular complexity index is 750. The summed E-state index contributed by atoms with van der Waals surface area (Å²) in [5.74, 6) is 0.338. The summed E-state index contributed by atoms with van der Waals surface area (Å²) < 4.78 is 1.91. The molecule has 0 radical (unpaired) electrons. The zero-order chi connectivity index (χ0) is 18.7. The first kappa shape index (κ1) is 21.4. The number of nitrogens with zero attached hydrogens (tertiary/aromatic N) is 3. The van der Waals surface area contributed by atoms with E-state index >= 15 is 0 Å². The fourth-order valence-electron chi connectivity index (χ4n) is 3.47. The van der Waals surface area contributed by atoms with Crippen LogP contribution in [-0.2, 0) is 0 Å². The Balaban J connectivity index is 0.00000261. The molecule has 148 valence electrons. The Morgan fingerprint density at radius 3 is 2.33 bits per heavy atom. The van der Waals surface area contributed by atoms with Gasteiger partial charge in [-0.1, -0.05) is 43.3 Å². The Labute approximate surface area is 167 Å². The van der Waals surface area contributed by atoms with Crippen molar-refractivity contribution in [3.63, 3.8) is 0 Å². The molecule has 2 N–H and O–H groups in total. The van der Waals surface area contributed by atoms with Gasteiger partial charge in [-0.3, -0.25) is 4.79 Å². The van der Waals surface area contributed by atoms with Crippen molar-refractivity contribution in [2.45, 2.75) is 58.5 Å². The maximum Gasteiger partial charge on any atom is 0.274 e. The normalized spacial score (nSPS) is 16.0. The summed E-state index contributed by atoms with van der Waals surface area (Å²) in [6.07, 6.45) is 2.04. The molecule has 0 spiro atoms. The molecule has 3 rings (SSSR count). The number of piperidine rings is 1. The number of nitrogens with one attached hydrogen (secondary N) is 2. The van der Waals surface area contributed by atoms with E-state index in [9.17, 15) is 4.79 Å². The minimum atomic E-state index is -0.164. The van der Waals surface area contributed by atoms with Crippen LogP contribution in [0.25, 0.3) is 0 Å². The third-order valence-corrected chi connectivity index (χ3v) is 5.25. The number of carbonyl (C=O) groups is 1. The van der Waals surface area contributed by atoms with Gasteiger partial charge in [-0.15, -0.1) is 17.5 Å². The molecule has 1 aromatic carbocycles. The number of aromatic nitrogens is 3. The number of benzene rings is 1. The van der Waals surface area contributed by atoms with Crippen LogP contribution in [0, 0.1) is 6.92 Å². The maximum absolute atomic E-state index is 12.7. The van der Waals surface area contributed by atoms with Gasteiger partial charge in [0.05, 0.1) is 17.8 Å². The first-order valence-corrected chi connectivity index (χ1v) is 9.50. The molecule has 0 bridgehead atoms. The minimum Gasteiger partial charge on any atom is -0.344 e. The van der Waals surface area contributed by atoms with Crippen molar-refractivity contribution in [3.8, 4) is 0 Å². The molecule has 27 heavy (non-hydrogen) atoms. The second kappa shape index (κ2) is 9.33. The van der Waals surface area contributed by atoms with Crippen molar-refractivity contribution < 1.29 is 4.79 Å². The fraction of sp³-hybridized carbons (Fsp3) is 0.550. The first-order chi connectivity index (χ1) is 12.5. The van der Waals surface area contributed by atoms with Gasteiger partial charge in [-0.25, -0.2) is 4.68 Å². The second-order valence-electron chi connectivity index (χ2n) is 7.47. The van der Waals surface area contributed by atoms with Crippen molar-refractivity contribution in [1.29, 1.82) is 0 Å². The molecule has 1 fully saturated rings. The van der Waals surface area contributed by atoms with Gasteiger partial charge < -0.3 is 10.6 Å². The van der Waals surface area contributed by atoms with E-state index in [1.165, 1.54) is 5.56 Å². The van der Waals surface area contributed by atoms with E-state index in [-0.39, 0.29) is 24.4 Å². The Kier molecular flexibility index (Phi) is 7.39. The predicted molar refractivity (Wildman–Crippen MR) is 110 cm³/mol. The minimum absolute atomic E-state index is 0. The molecular weight excluding hydrogens is 362 g/mol. The lowest BCUT2D eigenvalue weighted by molar-refractivity contribution is 0.0934. The Morgan fingerprint density at radius 1 is 1.15 bits per heavy atom. The van der Waals surface area contributed by atoms with Crippen molar-refractivity contribution in [2.75, 3.05) is 13.1 Å². The molecule has 0 saturated carbocycles. The highest BCUT2D eigenvalue weighted by molar-refractivity contribution is 5.93. The number of hydrogen-bond acceptors (Lipinski definition) is 4. The molecule has 1 aliphatic rings. The van der Waals surface area contributed by atoms with E-state index in [0.29, 0.717) is 17.7 Å². The third-order valence-electron chi connectivity index (χ3n) is 5.25. The highest BCUT2D eigenvalue weighted by Gasteiger charge is 2.23. The van der Waals surface area contributed by atoms with E-state index in [1.54, 1.807) is 0 Å². The van der Waals surface area contributed by atoms with E-state index < -0.39 is 0 Å². The van der Waals surface area contributed by atoms with Crippen molar-refractivity contribution >= 4 is 18.3 Å². The second-order valence-corrected chi connectivity index (χ2v) is 7.47. The van der Waals surface area contributed by atoms with Crippen LogP contribution in [0.1, 0.15) is 78.9 Å². The molecule has 1 amide bonds. The van der Waals surface area contributed by atoms with Crippen LogP contribution in [0.5, 0.6) is 0 Å². The monoisotopic (exact) mass is 391 g/mol. The lowest BCUT2D eigenvalue weighted by Gasteiger charge is -2.23. The molecule has 1 aliphatic heterocycles. The lowest BCUT2D eigenvalue weighted by Crippen LogP contribution is -2.31. The highest BCUT2D eigenvalue weighted by atomic mass is 35.5. The molecular formula is C20H30ClN5O. The van der Waals surface area contributed by atoms with Crippen LogP contribution in [-0.4, -0.2) is 34.0 Å². The lowest BCUT2D eigenvalue weighted by atomic mass is 9.99. The smallest absolute Gasteiger partial charge is 0.274 e. The van der Waals surface area contributed by atoms with Gasteiger partial charge in [0.2, 0.25) is 0 Å². The Hall–Kier alpha value is -1.92. The largest absolute Gasteiger partial charge is 0.344 e. The summed E-state index contributed by atoms with van der Waals surface area (Å²) in [7, 11) is 0.